The third kappa shape index (κ3) is 6.80. The third-order valence-corrected chi connectivity index (χ3v) is 2.41. The van der Waals surface area contributed by atoms with Crippen molar-refractivity contribution in [2.45, 2.75) is 13.0 Å². The highest BCUT2D eigenvalue weighted by atomic mass is 32.2. The second-order valence-electron chi connectivity index (χ2n) is 3.53. The van der Waals surface area contributed by atoms with Crippen LogP contribution in [0.1, 0.15) is 12.0 Å². The molecule has 19 heavy (non-hydrogen) atoms. The van der Waals surface area contributed by atoms with Gasteiger partial charge in [-0.2, -0.15) is 0 Å². The summed E-state index contributed by atoms with van der Waals surface area (Å²) in [5.74, 6) is -0.315. The molecule has 0 saturated heterocycles. The maximum Gasteiger partial charge on any atom is 0.246 e. The van der Waals surface area contributed by atoms with Crippen LogP contribution in [0.15, 0.2) is 30.3 Å². The van der Waals surface area contributed by atoms with Crippen LogP contribution < -0.4 is 5.48 Å². The zero-order chi connectivity index (χ0) is 13.9. The monoisotopic (exact) mass is 284 g/mol. The Morgan fingerprint density at radius 1 is 1.42 bits per heavy atom. The van der Waals surface area contributed by atoms with Crippen LogP contribution in [-0.2, 0) is 25.3 Å². The molecular weight excluding hydrogens is 268 g/mol. The van der Waals surface area contributed by atoms with Crippen LogP contribution in [0, 0.1) is 0 Å². The number of nitrogens with zero attached hydrogens (tertiary/aromatic N) is 1. The molecule has 0 bridgehead atoms. The first-order chi connectivity index (χ1) is 9.26. The van der Waals surface area contributed by atoms with Gasteiger partial charge >= 0.3 is 0 Å². The van der Waals surface area contributed by atoms with Gasteiger partial charge in [-0.25, -0.2) is 14.8 Å². The summed E-state index contributed by atoms with van der Waals surface area (Å²) in [6.07, 6.45) is 2.33. The quantitative estimate of drug-likeness (QED) is 0.420. The first kappa shape index (κ1) is 15.5. The highest BCUT2D eigenvalue weighted by molar-refractivity contribution is 7.93. The topological polar surface area (TPSA) is 67.9 Å². The Kier molecular flexibility index (Phi) is 7.64. The lowest BCUT2D eigenvalue weighted by molar-refractivity contribution is -0.178. The van der Waals surface area contributed by atoms with Gasteiger partial charge in [-0.3, -0.25) is 14.4 Å². The second-order valence-corrected chi connectivity index (χ2v) is 4.03. The predicted molar refractivity (Wildman–Crippen MR) is 71.4 cm³/mol. The fourth-order valence-electron chi connectivity index (χ4n) is 1.23. The number of nitrogens with one attached hydrogen (secondary N) is 1. The summed E-state index contributed by atoms with van der Waals surface area (Å²) in [6.45, 7) is 0.447. The van der Waals surface area contributed by atoms with Crippen molar-refractivity contribution in [1.29, 1.82) is 0 Å². The average molecular weight is 284 g/mol. The maximum atomic E-state index is 11.2. The van der Waals surface area contributed by atoms with E-state index >= 15 is 0 Å². The lowest BCUT2D eigenvalue weighted by Crippen LogP contribution is -2.29. The number of hydroxylamine groups is 3. The predicted octanol–water partition coefficient (Wildman–Crippen LogP) is 1.29. The Bertz CT molecular complexity index is 389. The van der Waals surface area contributed by atoms with Gasteiger partial charge in [0.2, 0.25) is 12.3 Å². The Morgan fingerprint density at radius 3 is 2.79 bits per heavy atom. The van der Waals surface area contributed by atoms with E-state index in [2.05, 4.69) is 9.76 Å². The molecule has 0 spiro atoms. The van der Waals surface area contributed by atoms with Gasteiger partial charge < -0.3 is 0 Å². The number of amides is 2. The van der Waals surface area contributed by atoms with E-state index < -0.39 is 0 Å². The first-order valence-electron chi connectivity index (χ1n) is 5.63. The standard InChI is InChI=1S/C12H16N2O4S/c1-19-18-13-12(16)7-8-14(10-15)17-9-11-5-3-2-4-6-11/h2-6,10H,7-9H2,1H3,(H,13,16). The summed E-state index contributed by atoms with van der Waals surface area (Å²) in [4.78, 5) is 27.3. The van der Waals surface area contributed by atoms with Gasteiger partial charge in [0.25, 0.3) is 0 Å². The Hall–Kier alpha value is -1.57. The summed E-state index contributed by atoms with van der Waals surface area (Å²) in [7, 11) is 0. The van der Waals surface area contributed by atoms with Gasteiger partial charge in [0.1, 0.15) is 6.61 Å². The van der Waals surface area contributed by atoms with Crippen LogP contribution in [0.25, 0.3) is 0 Å². The van der Waals surface area contributed by atoms with Gasteiger partial charge in [0, 0.05) is 24.7 Å². The lowest BCUT2D eigenvalue weighted by Gasteiger charge is -2.16. The van der Waals surface area contributed by atoms with Crippen molar-refractivity contribution in [3.8, 4) is 0 Å². The fourth-order valence-corrected chi connectivity index (χ4v) is 1.41. The molecule has 0 aliphatic rings. The van der Waals surface area contributed by atoms with E-state index in [1.807, 2.05) is 30.3 Å². The fraction of sp³-hybridized carbons (Fsp3) is 0.333. The normalized spacial score (nSPS) is 9.95. The van der Waals surface area contributed by atoms with E-state index in [4.69, 9.17) is 4.84 Å². The zero-order valence-corrected chi connectivity index (χ0v) is 11.4. The van der Waals surface area contributed by atoms with Crippen molar-refractivity contribution < 1.29 is 18.7 Å². The molecular formula is C12H16N2O4S. The van der Waals surface area contributed by atoms with Crippen molar-refractivity contribution >= 4 is 24.4 Å². The summed E-state index contributed by atoms with van der Waals surface area (Å²) in [5.41, 5.74) is 3.16. The minimum atomic E-state index is -0.315. The van der Waals surface area contributed by atoms with Gasteiger partial charge in [0.15, 0.2) is 0 Å². The summed E-state index contributed by atoms with van der Waals surface area (Å²) < 4.78 is 4.66. The summed E-state index contributed by atoms with van der Waals surface area (Å²) in [6, 6.07) is 9.45. The number of carbonyl (C=O) groups excluding carboxylic acids is 2. The van der Waals surface area contributed by atoms with E-state index in [0.29, 0.717) is 6.41 Å². The van der Waals surface area contributed by atoms with Gasteiger partial charge in [-0.05, 0) is 5.56 Å². The summed E-state index contributed by atoms with van der Waals surface area (Å²) in [5, 5.41) is 1.09. The van der Waals surface area contributed by atoms with E-state index in [-0.39, 0.29) is 25.5 Å². The molecule has 0 fully saturated rings. The molecule has 1 rings (SSSR count). The number of rotatable bonds is 9. The molecule has 104 valence electrons. The average Bonchev–Trinajstić information content (AvgIpc) is 2.46. The van der Waals surface area contributed by atoms with Crippen LogP contribution >= 0.6 is 12.0 Å². The number of carbonyl (C=O) groups is 2. The molecule has 0 radical (unpaired) electrons. The second kappa shape index (κ2) is 9.37. The molecule has 0 aliphatic carbocycles. The van der Waals surface area contributed by atoms with Crippen molar-refractivity contribution in [2.24, 2.45) is 0 Å². The highest BCUT2D eigenvalue weighted by Crippen LogP contribution is 2.02. The van der Waals surface area contributed by atoms with Crippen LogP contribution in [-0.4, -0.2) is 30.2 Å². The van der Waals surface area contributed by atoms with Crippen LogP contribution in [0.3, 0.4) is 0 Å². The molecule has 0 aromatic heterocycles. The molecule has 0 atom stereocenters. The molecule has 1 aromatic rings. The molecule has 0 saturated carbocycles. The van der Waals surface area contributed by atoms with Crippen molar-refractivity contribution in [3.05, 3.63) is 35.9 Å². The molecule has 2 amide bonds. The third-order valence-electron chi connectivity index (χ3n) is 2.16. The number of hydrogen-bond donors (Lipinski definition) is 1. The van der Waals surface area contributed by atoms with E-state index in [9.17, 15) is 9.59 Å². The van der Waals surface area contributed by atoms with E-state index in [1.54, 1.807) is 6.26 Å². The number of benzene rings is 1. The Balaban J connectivity index is 2.26. The molecule has 7 heteroatoms. The minimum absolute atomic E-state index is 0.105. The van der Waals surface area contributed by atoms with Crippen LogP contribution in [0.2, 0.25) is 0 Å². The van der Waals surface area contributed by atoms with Crippen molar-refractivity contribution in [3.63, 3.8) is 0 Å². The molecule has 0 heterocycles. The van der Waals surface area contributed by atoms with Crippen molar-refractivity contribution in [2.75, 3.05) is 12.8 Å². The largest absolute Gasteiger partial charge is 0.276 e. The minimum Gasteiger partial charge on any atom is -0.276 e. The molecule has 0 unspecified atom stereocenters. The van der Waals surface area contributed by atoms with Gasteiger partial charge in [-0.15, -0.1) is 0 Å². The van der Waals surface area contributed by atoms with Crippen LogP contribution in [0.5, 0.6) is 0 Å². The summed E-state index contributed by atoms with van der Waals surface area (Å²) >= 11 is 1.03. The zero-order valence-electron chi connectivity index (χ0n) is 10.6. The Labute approximate surface area is 116 Å². The SMILES string of the molecule is CSONC(=O)CCN(C=O)OCc1ccccc1. The molecule has 6 nitrogen and oxygen atoms in total. The number of hydrogen-bond acceptors (Lipinski definition) is 5. The van der Waals surface area contributed by atoms with Gasteiger partial charge in [0.05, 0.1) is 6.54 Å². The smallest absolute Gasteiger partial charge is 0.246 e. The Morgan fingerprint density at radius 2 is 2.16 bits per heavy atom. The maximum absolute atomic E-state index is 11.2. The van der Waals surface area contributed by atoms with Crippen molar-refractivity contribution in [1.82, 2.24) is 10.5 Å². The van der Waals surface area contributed by atoms with Crippen LogP contribution in [0.4, 0.5) is 0 Å². The van der Waals surface area contributed by atoms with E-state index in [1.165, 1.54) is 0 Å². The first-order valence-corrected chi connectivity index (χ1v) is 6.78. The lowest BCUT2D eigenvalue weighted by atomic mass is 10.2. The molecule has 1 N–H and O–H groups in total. The van der Waals surface area contributed by atoms with E-state index in [0.717, 1.165) is 22.7 Å². The highest BCUT2D eigenvalue weighted by Gasteiger charge is 2.07. The molecule has 0 aliphatic heterocycles. The molecule has 1 aromatic carbocycles. The van der Waals surface area contributed by atoms with Gasteiger partial charge in [-0.1, -0.05) is 30.3 Å².